The van der Waals surface area contributed by atoms with Crippen LogP contribution in [0.15, 0.2) is 24.3 Å². The van der Waals surface area contributed by atoms with Gasteiger partial charge >= 0.3 is 35.8 Å². The highest BCUT2D eigenvalue weighted by Gasteiger charge is 2.90. The topological polar surface area (TPSA) is 253 Å². The van der Waals surface area contributed by atoms with E-state index in [9.17, 15) is 113 Å². The maximum absolute atomic E-state index is 14.1. The van der Waals surface area contributed by atoms with Crippen molar-refractivity contribution in [2.75, 3.05) is 13.2 Å². The third-order valence-corrected chi connectivity index (χ3v) is 9.68. The minimum absolute atomic E-state index is 0.131. The molecular formula is C34H43F13N2O13. The van der Waals surface area contributed by atoms with Gasteiger partial charge in [-0.05, 0) is 17.7 Å². The average Bonchev–Trinajstić information content (AvgIpc) is 3.19. The summed E-state index contributed by atoms with van der Waals surface area (Å²) in [5.41, 5.74) is -1.22. The van der Waals surface area contributed by atoms with Gasteiger partial charge in [0.15, 0.2) is 24.1 Å². The average molecular weight is 935 g/mol. The van der Waals surface area contributed by atoms with Gasteiger partial charge in [-0.3, -0.25) is 9.59 Å². The first-order chi connectivity index (χ1) is 28.1. The second-order valence-corrected chi connectivity index (χ2v) is 14.7. The summed E-state index contributed by atoms with van der Waals surface area (Å²) in [6, 6.07) is 5.21. The van der Waals surface area contributed by atoms with E-state index in [1.807, 2.05) is 0 Å². The number of benzene rings is 1. The number of hydroxylamine groups is 1. The van der Waals surface area contributed by atoms with Crippen molar-refractivity contribution in [1.29, 1.82) is 0 Å². The molecule has 1 heterocycles. The molecule has 2 rings (SSSR count). The highest BCUT2D eigenvalue weighted by Crippen LogP contribution is 2.60. The summed E-state index contributed by atoms with van der Waals surface area (Å²) in [6.07, 6.45) is -30.8. The number of aliphatic hydroxyl groups is 8. The van der Waals surface area contributed by atoms with E-state index in [0.29, 0.717) is 0 Å². The van der Waals surface area contributed by atoms with Crippen LogP contribution in [0.5, 0.6) is 0 Å². The monoisotopic (exact) mass is 934 g/mol. The standard InChI is InChI=1S/C34H43F13N2O13/c1-28(2,9-7-17(52)8-10-29(35,36)30(37,38)31(39,40)32(41,42)33(43,44)34(45,46)47)49(60)12-16-5-3-15(4-6-16)11-48-26(59)23(57)22(56)25(18(53)13-50)62-27-24(58)21(55)20(54)19(14-51)61-27/h3-6,12,18-25,27,50-51,53-58H,7-11,13-14H2,1-2H3,(H,48,59)/b49-12-/t18?,19?,20-,21-,22-,23?,24?,25+,27-/m0/s1. The van der Waals surface area contributed by atoms with Crippen LogP contribution in [0.4, 0.5) is 57.1 Å². The first-order valence-electron chi connectivity index (χ1n) is 17.8. The number of aliphatic hydroxyl groups excluding tert-OH is 8. The molecule has 1 fully saturated rings. The quantitative estimate of drug-likeness (QED) is 0.0261. The molecule has 0 spiro atoms. The van der Waals surface area contributed by atoms with Crippen LogP contribution in [0.1, 0.15) is 50.7 Å². The van der Waals surface area contributed by atoms with Crippen molar-refractivity contribution in [2.45, 2.75) is 143 Å². The van der Waals surface area contributed by atoms with Crippen LogP contribution < -0.4 is 5.32 Å². The van der Waals surface area contributed by atoms with Crippen LogP contribution in [0.3, 0.4) is 0 Å². The number of nitrogens with zero attached hydrogens (tertiary/aromatic N) is 1. The van der Waals surface area contributed by atoms with E-state index < -0.39 is 147 Å². The molecular weight excluding hydrogens is 891 g/mol. The SMILES string of the molecule is CC(C)(CCC(=O)CCC(F)(F)C(F)(F)C(F)(F)C(F)(F)C(F)(F)C(F)(F)F)/[N+]([O-])=C/c1ccc(CNC(=O)C(O)[C@H](O)[C@H](O[C@@H]2OC(CO)[C@H](O)[C@H](O)C2O)C(O)CO)cc1. The van der Waals surface area contributed by atoms with E-state index in [1.165, 1.54) is 38.1 Å². The molecule has 9 atom stereocenters. The van der Waals surface area contributed by atoms with Gasteiger partial charge < -0.3 is 60.8 Å². The summed E-state index contributed by atoms with van der Waals surface area (Å²) >= 11 is 0. The van der Waals surface area contributed by atoms with Gasteiger partial charge in [-0.15, -0.1) is 0 Å². The number of carbonyl (C=O) groups excluding carboxylic acids is 2. The zero-order valence-electron chi connectivity index (χ0n) is 32.0. The van der Waals surface area contributed by atoms with E-state index in [4.69, 9.17) is 9.47 Å². The van der Waals surface area contributed by atoms with Crippen molar-refractivity contribution < 1.29 is 122 Å². The number of nitrogens with one attached hydrogen (secondary N) is 1. The summed E-state index contributed by atoms with van der Waals surface area (Å²) in [5, 5.41) is 95.1. The maximum Gasteiger partial charge on any atom is 0.460 e. The first kappa shape index (κ1) is 54.7. The van der Waals surface area contributed by atoms with Crippen LogP contribution in [-0.4, -0.2) is 173 Å². The second kappa shape index (κ2) is 20.1. The maximum atomic E-state index is 14.1. The van der Waals surface area contributed by atoms with E-state index >= 15 is 0 Å². The van der Waals surface area contributed by atoms with Crippen LogP contribution in [0, 0.1) is 5.21 Å². The normalized spacial score (nSPS) is 23.4. The predicted octanol–water partition coefficient (Wildman–Crippen LogP) is 1.14. The zero-order valence-corrected chi connectivity index (χ0v) is 32.0. The molecule has 0 bridgehead atoms. The van der Waals surface area contributed by atoms with E-state index in [-0.39, 0.29) is 22.4 Å². The number of ketones is 1. The van der Waals surface area contributed by atoms with Gasteiger partial charge in [-0.2, -0.15) is 57.1 Å². The Balaban J connectivity index is 2.02. The first-order valence-corrected chi connectivity index (χ1v) is 17.8. The highest BCUT2D eigenvalue weighted by atomic mass is 19.4. The smallest absolute Gasteiger partial charge is 0.460 e. The summed E-state index contributed by atoms with van der Waals surface area (Å²) in [4.78, 5) is 24.8. The molecule has 1 saturated heterocycles. The summed E-state index contributed by atoms with van der Waals surface area (Å²) in [6.45, 7) is -0.0315. The molecule has 0 aliphatic carbocycles. The Hall–Kier alpha value is -3.48. The number of carbonyl (C=O) groups is 2. The Morgan fingerprint density at radius 3 is 1.82 bits per heavy atom. The molecule has 28 heteroatoms. The van der Waals surface area contributed by atoms with Crippen molar-refractivity contribution in [2.24, 2.45) is 0 Å². The minimum atomic E-state index is -8.07. The lowest BCUT2D eigenvalue weighted by molar-refractivity contribution is -0.537. The van der Waals surface area contributed by atoms with Gasteiger partial charge in [-0.25, -0.2) is 4.74 Å². The number of alkyl halides is 13. The largest absolute Gasteiger partial charge is 0.623 e. The molecule has 62 heavy (non-hydrogen) atoms. The number of halogens is 13. The molecule has 1 amide bonds. The molecule has 0 saturated carbocycles. The lowest BCUT2D eigenvalue weighted by Crippen LogP contribution is -2.70. The molecule has 0 aromatic heterocycles. The van der Waals surface area contributed by atoms with E-state index in [2.05, 4.69) is 5.32 Å². The molecule has 358 valence electrons. The number of Topliss-reactive ketones (excluding diaryl/α,β-unsaturated/α-hetero) is 1. The van der Waals surface area contributed by atoms with Crippen LogP contribution in [0.2, 0.25) is 0 Å². The van der Waals surface area contributed by atoms with E-state index in [1.54, 1.807) is 0 Å². The lowest BCUT2D eigenvalue weighted by Gasteiger charge is -2.42. The molecule has 1 aromatic rings. The van der Waals surface area contributed by atoms with E-state index in [0.717, 1.165) is 6.21 Å². The molecule has 1 aliphatic rings. The fourth-order valence-electron chi connectivity index (χ4n) is 5.43. The lowest BCUT2D eigenvalue weighted by atomic mass is 9.90. The molecule has 1 aliphatic heterocycles. The Labute approximate surface area is 341 Å². The van der Waals surface area contributed by atoms with Gasteiger partial charge in [0.2, 0.25) is 0 Å². The Morgan fingerprint density at radius 1 is 0.806 bits per heavy atom. The summed E-state index contributed by atoms with van der Waals surface area (Å²) in [7, 11) is 0. The van der Waals surface area contributed by atoms with Crippen molar-refractivity contribution in [3.8, 4) is 0 Å². The zero-order chi connectivity index (χ0) is 48.2. The van der Waals surface area contributed by atoms with Crippen molar-refractivity contribution >= 4 is 17.9 Å². The third-order valence-electron chi connectivity index (χ3n) is 9.68. The second-order valence-electron chi connectivity index (χ2n) is 14.7. The van der Waals surface area contributed by atoms with Gasteiger partial charge in [0.05, 0.1) is 13.2 Å². The van der Waals surface area contributed by atoms with Crippen LogP contribution in [-0.2, 0) is 25.6 Å². The van der Waals surface area contributed by atoms with Gasteiger partial charge in [0.1, 0.15) is 48.5 Å². The summed E-state index contributed by atoms with van der Waals surface area (Å²) in [5.74, 6) is -40.6. The van der Waals surface area contributed by atoms with Gasteiger partial charge in [0.25, 0.3) is 5.91 Å². The minimum Gasteiger partial charge on any atom is -0.623 e. The molecule has 15 nitrogen and oxygen atoms in total. The molecule has 1 aromatic carbocycles. The fourth-order valence-corrected chi connectivity index (χ4v) is 5.43. The van der Waals surface area contributed by atoms with Crippen molar-refractivity contribution in [3.05, 3.63) is 40.6 Å². The Kier molecular flexibility index (Phi) is 17.8. The van der Waals surface area contributed by atoms with Crippen molar-refractivity contribution in [1.82, 2.24) is 5.32 Å². The fraction of sp³-hybridized carbons (Fsp3) is 0.735. The Bertz CT molecular complexity index is 1690. The number of ether oxygens (including phenoxy) is 2. The van der Waals surface area contributed by atoms with Crippen molar-refractivity contribution in [3.63, 3.8) is 0 Å². The summed E-state index contributed by atoms with van der Waals surface area (Å²) < 4.78 is 184. The van der Waals surface area contributed by atoms with Crippen LogP contribution >= 0.6 is 0 Å². The number of amides is 1. The van der Waals surface area contributed by atoms with Gasteiger partial charge in [-0.1, -0.05) is 12.1 Å². The van der Waals surface area contributed by atoms with Gasteiger partial charge in [0, 0.05) is 51.6 Å². The Morgan fingerprint density at radius 2 is 1.32 bits per heavy atom. The third kappa shape index (κ3) is 11.6. The van der Waals surface area contributed by atoms with Crippen LogP contribution in [0.25, 0.3) is 0 Å². The number of rotatable bonds is 22. The highest BCUT2D eigenvalue weighted by molar-refractivity contribution is 5.81. The molecule has 9 N–H and O–H groups in total. The molecule has 4 unspecified atom stereocenters. The number of hydrogen-bond donors (Lipinski definition) is 9. The molecule has 0 radical (unpaired) electrons. The number of hydrogen-bond acceptors (Lipinski definition) is 13. The predicted molar refractivity (Wildman–Crippen MR) is 179 cm³/mol.